The summed E-state index contributed by atoms with van der Waals surface area (Å²) >= 11 is 0. The summed E-state index contributed by atoms with van der Waals surface area (Å²) in [4.78, 5) is 11.9. The number of cyclic esters (lactones) is 1. The number of carbonyl (C=O) groups is 1. The van der Waals surface area contributed by atoms with Crippen LogP contribution in [0.2, 0.25) is 0 Å². The van der Waals surface area contributed by atoms with Crippen molar-refractivity contribution in [2.24, 2.45) is 5.92 Å². The van der Waals surface area contributed by atoms with E-state index in [0.29, 0.717) is 29.7 Å². The predicted molar refractivity (Wildman–Crippen MR) is 79.0 cm³/mol. The number of ether oxygens (including phenoxy) is 2. The van der Waals surface area contributed by atoms with Crippen LogP contribution in [0.3, 0.4) is 0 Å². The smallest absolute Gasteiger partial charge is 0.375 e. The lowest BCUT2D eigenvalue weighted by atomic mass is 9.83. The van der Waals surface area contributed by atoms with Crippen LogP contribution in [0.15, 0.2) is 18.2 Å². The molecule has 1 fully saturated rings. The van der Waals surface area contributed by atoms with Crippen molar-refractivity contribution >= 4 is 13.6 Å². The third-order valence-electron chi connectivity index (χ3n) is 4.10. The molecule has 0 spiro atoms. The first kappa shape index (κ1) is 16.0. The zero-order valence-corrected chi connectivity index (χ0v) is 13.6. The molecule has 8 heteroatoms. The van der Waals surface area contributed by atoms with Crippen molar-refractivity contribution in [2.45, 2.75) is 24.8 Å². The Labute approximate surface area is 133 Å². The van der Waals surface area contributed by atoms with Crippen LogP contribution in [0, 0.1) is 17.2 Å². The standard InChI is InChI=1S/C15H16NO6P/c1-19-23(18,20-2)15-13-7-10(3-4-12(13)14(17)22-15)21-11-5-9(6-11)8-16/h3-4,7,9,11,15H,5-6H2,1-2H3. The number of fused-ring (bicyclic) bond motifs is 1. The van der Waals surface area contributed by atoms with Crippen molar-refractivity contribution in [3.63, 3.8) is 0 Å². The molecule has 1 aliphatic carbocycles. The Bertz CT molecular complexity index is 713. The van der Waals surface area contributed by atoms with E-state index in [1.807, 2.05) is 0 Å². The molecule has 1 atom stereocenters. The number of hydrogen-bond acceptors (Lipinski definition) is 7. The van der Waals surface area contributed by atoms with Gasteiger partial charge < -0.3 is 18.5 Å². The van der Waals surface area contributed by atoms with E-state index in [2.05, 4.69) is 6.07 Å². The van der Waals surface area contributed by atoms with E-state index in [4.69, 9.17) is 23.8 Å². The van der Waals surface area contributed by atoms with Gasteiger partial charge in [-0.05, 0) is 18.2 Å². The maximum Gasteiger partial charge on any atom is 0.375 e. The van der Waals surface area contributed by atoms with Gasteiger partial charge in [-0.1, -0.05) is 0 Å². The average molecular weight is 337 g/mol. The second kappa shape index (κ2) is 5.97. The number of hydrogen-bond donors (Lipinski definition) is 0. The molecule has 0 bridgehead atoms. The fourth-order valence-electron chi connectivity index (χ4n) is 2.69. The highest BCUT2D eigenvalue weighted by atomic mass is 31.2. The molecule has 1 aromatic carbocycles. The maximum atomic E-state index is 12.5. The van der Waals surface area contributed by atoms with Gasteiger partial charge in [0.05, 0.1) is 17.6 Å². The van der Waals surface area contributed by atoms with Crippen LogP contribution < -0.4 is 4.74 Å². The lowest BCUT2D eigenvalue weighted by Gasteiger charge is -2.31. The molecule has 0 N–H and O–H groups in total. The SMILES string of the molecule is COP(=O)(OC)C1OC(=O)c2ccc(OC3CC(C#N)C3)cc21. The molecule has 2 aliphatic rings. The third-order valence-corrected chi connectivity index (χ3v) is 6.08. The van der Waals surface area contributed by atoms with Crippen LogP contribution >= 0.6 is 7.60 Å². The highest BCUT2D eigenvalue weighted by molar-refractivity contribution is 7.54. The first-order valence-electron chi connectivity index (χ1n) is 7.13. The third kappa shape index (κ3) is 2.74. The average Bonchev–Trinajstić information content (AvgIpc) is 2.86. The lowest BCUT2D eigenvalue weighted by Crippen LogP contribution is -2.32. The topological polar surface area (TPSA) is 94.8 Å². The molecule has 0 amide bonds. The molecule has 1 unspecified atom stereocenters. The minimum Gasteiger partial charge on any atom is -0.490 e. The number of benzene rings is 1. The van der Waals surface area contributed by atoms with Gasteiger partial charge in [-0.2, -0.15) is 5.26 Å². The van der Waals surface area contributed by atoms with E-state index in [1.54, 1.807) is 18.2 Å². The molecule has 7 nitrogen and oxygen atoms in total. The molecular formula is C15H16NO6P. The Morgan fingerprint density at radius 2 is 2.00 bits per heavy atom. The first-order valence-corrected chi connectivity index (χ1v) is 8.74. The van der Waals surface area contributed by atoms with Crippen molar-refractivity contribution in [1.82, 2.24) is 0 Å². The second-order valence-corrected chi connectivity index (χ2v) is 7.73. The highest BCUT2D eigenvalue weighted by Crippen LogP contribution is 2.63. The summed E-state index contributed by atoms with van der Waals surface area (Å²) in [6.45, 7) is 0. The molecule has 0 aromatic heterocycles. The zero-order valence-electron chi connectivity index (χ0n) is 12.7. The van der Waals surface area contributed by atoms with Gasteiger partial charge in [0.15, 0.2) is 0 Å². The summed E-state index contributed by atoms with van der Waals surface area (Å²) in [5.74, 6) is -1.10. The monoisotopic (exact) mass is 337 g/mol. The number of rotatable bonds is 5. The largest absolute Gasteiger partial charge is 0.490 e. The van der Waals surface area contributed by atoms with Crippen LogP contribution in [-0.4, -0.2) is 26.3 Å². The van der Waals surface area contributed by atoms with Crippen molar-refractivity contribution in [3.8, 4) is 11.8 Å². The molecule has 1 aromatic rings. The quantitative estimate of drug-likeness (QED) is 0.602. The molecule has 0 saturated heterocycles. The van der Waals surface area contributed by atoms with Crippen molar-refractivity contribution in [1.29, 1.82) is 5.26 Å². The van der Waals surface area contributed by atoms with E-state index < -0.39 is 19.4 Å². The van der Waals surface area contributed by atoms with E-state index in [1.165, 1.54) is 14.2 Å². The highest BCUT2D eigenvalue weighted by Gasteiger charge is 2.46. The van der Waals surface area contributed by atoms with Gasteiger partial charge in [-0.15, -0.1) is 0 Å². The summed E-state index contributed by atoms with van der Waals surface area (Å²) in [6.07, 6.45) is 1.34. The Hall–Kier alpha value is -1.87. The first-order chi connectivity index (χ1) is 11.0. The Morgan fingerprint density at radius 3 is 2.61 bits per heavy atom. The summed E-state index contributed by atoms with van der Waals surface area (Å²) in [6, 6.07) is 7.04. The van der Waals surface area contributed by atoms with Gasteiger partial charge in [0.25, 0.3) is 0 Å². The van der Waals surface area contributed by atoms with Crippen LogP contribution in [0.1, 0.15) is 34.6 Å². The lowest BCUT2D eigenvalue weighted by molar-refractivity contribution is 0.0456. The van der Waals surface area contributed by atoms with E-state index in [9.17, 15) is 9.36 Å². The van der Waals surface area contributed by atoms with Crippen molar-refractivity contribution < 1.29 is 27.9 Å². The molecule has 23 heavy (non-hydrogen) atoms. The van der Waals surface area contributed by atoms with Gasteiger partial charge in [0.1, 0.15) is 11.9 Å². The second-order valence-electron chi connectivity index (χ2n) is 5.45. The van der Waals surface area contributed by atoms with Crippen LogP contribution in [0.25, 0.3) is 0 Å². The zero-order chi connectivity index (χ0) is 16.6. The van der Waals surface area contributed by atoms with E-state index in [0.717, 1.165) is 0 Å². The summed E-state index contributed by atoms with van der Waals surface area (Å²) < 4.78 is 33.4. The Balaban J connectivity index is 1.85. The molecule has 1 aliphatic heterocycles. The summed E-state index contributed by atoms with van der Waals surface area (Å²) in [7, 11) is -1.12. The molecule has 122 valence electrons. The predicted octanol–water partition coefficient (Wildman–Crippen LogP) is 3.02. The van der Waals surface area contributed by atoms with Gasteiger partial charge in [-0.25, -0.2) is 4.79 Å². The molecule has 1 saturated carbocycles. The van der Waals surface area contributed by atoms with Gasteiger partial charge in [0, 0.05) is 32.6 Å². The van der Waals surface area contributed by atoms with E-state index in [-0.39, 0.29) is 12.0 Å². The Morgan fingerprint density at radius 1 is 1.30 bits per heavy atom. The van der Waals surface area contributed by atoms with Crippen molar-refractivity contribution in [3.05, 3.63) is 29.3 Å². The summed E-state index contributed by atoms with van der Waals surface area (Å²) in [5, 5.41) is 8.79. The van der Waals surface area contributed by atoms with Gasteiger partial charge >= 0.3 is 13.6 Å². The summed E-state index contributed by atoms with van der Waals surface area (Å²) in [5.41, 5.74) is 0.746. The number of esters is 1. The number of nitriles is 1. The van der Waals surface area contributed by atoms with Gasteiger partial charge in [-0.3, -0.25) is 4.57 Å². The van der Waals surface area contributed by atoms with Crippen molar-refractivity contribution in [2.75, 3.05) is 14.2 Å². The molecule has 1 heterocycles. The number of carbonyl (C=O) groups excluding carboxylic acids is 1. The fourth-order valence-corrected chi connectivity index (χ4v) is 4.00. The minimum atomic E-state index is -3.60. The Kier molecular flexibility index (Phi) is 4.15. The molecular weight excluding hydrogens is 321 g/mol. The van der Waals surface area contributed by atoms with Gasteiger partial charge in [0.2, 0.25) is 5.85 Å². The molecule has 3 rings (SSSR count). The van der Waals surface area contributed by atoms with E-state index >= 15 is 0 Å². The van der Waals surface area contributed by atoms with Crippen LogP contribution in [0.4, 0.5) is 0 Å². The van der Waals surface area contributed by atoms with Crippen LogP contribution in [0.5, 0.6) is 5.75 Å². The van der Waals surface area contributed by atoms with Crippen LogP contribution in [-0.2, 0) is 18.3 Å². The maximum absolute atomic E-state index is 12.5. The number of nitrogens with zero attached hydrogens (tertiary/aromatic N) is 1. The minimum absolute atomic E-state index is 0.0224. The normalized spacial score (nSPS) is 26.0. The fraction of sp³-hybridized carbons (Fsp3) is 0.467. The molecule has 0 radical (unpaired) electrons.